The number of aryl methyl sites for hydroxylation is 1. The molecule has 4 nitrogen and oxygen atoms in total. The largest absolute Gasteiger partial charge is 0.381 e. The minimum Gasteiger partial charge on any atom is -0.381 e. The van der Waals surface area contributed by atoms with Crippen molar-refractivity contribution in [1.82, 2.24) is 9.78 Å². The van der Waals surface area contributed by atoms with Gasteiger partial charge in [0.15, 0.2) is 5.82 Å². The molecule has 0 bridgehead atoms. The monoisotopic (exact) mass is 136 g/mol. The standard InChI is InChI=1S/C6H8N4/c1-4-5(3-7)6(8)9-10(4)2/h1-2H3,(H2,8,9). The lowest BCUT2D eigenvalue weighted by Crippen LogP contribution is -1.93. The first-order chi connectivity index (χ1) is 4.66. The van der Waals surface area contributed by atoms with Crippen LogP contribution in [0.25, 0.3) is 0 Å². The maximum Gasteiger partial charge on any atom is 0.163 e. The zero-order chi connectivity index (χ0) is 7.72. The van der Waals surface area contributed by atoms with Crippen molar-refractivity contribution in [2.75, 3.05) is 5.73 Å². The topological polar surface area (TPSA) is 67.6 Å². The molecule has 0 aromatic carbocycles. The van der Waals surface area contributed by atoms with Gasteiger partial charge in [-0.05, 0) is 6.92 Å². The van der Waals surface area contributed by atoms with Gasteiger partial charge in [0.1, 0.15) is 11.6 Å². The van der Waals surface area contributed by atoms with Crippen LogP contribution in [0.2, 0.25) is 0 Å². The van der Waals surface area contributed by atoms with Crippen LogP contribution in [0.5, 0.6) is 0 Å². The van der Waals surface area contributed by atoms with Crippen molar-refractivity contribution in [3.63, 3.8) is 0 Å². The zero-order valence-electron chi connectivity index (χ0n) is 5.92. The van der Waals surface area contributed by atoms with E-state index < -0.39 is 0 Å². The molecule has 1 rings (SSSR count). The first kappa shape index (κ1) is 6.62. The van der Waals surface area contributed by atoms with E-state index in [2.05, 4.69) is 5.10 Å². The molecule has 0 unspecified atom stereocenters. The molecule has 4 heteroatoms. The van der Waals surface area contributed by atoms with Gasteiger partial charge >= 0.3 is 0 Å². The highest BCUT2D eigenvalue weighted by Gasteiger charge is 2.07. The van der Waals surface area contributed by atoms with Crippen molar-refractivity contribution in [2.45, 2.75) is 6.92 Å². The molecular weight excluding hydrogens is 128 g/mol. The average Bonchev–Trinajstić information content (AvgIpc) is 2.09. The highest BCUT2D eigenvalue weighted by atomic mass is 15.3. The number of rotatable bonds is 0. The summed E-state index contributed by atoms with van der Waals surface area (Å²) in [5.74, 6) is 0.308. The van der Waals surface area contributed by atoms with Crippen LogP contribution in [0.3, 0.4) is 0 Å². The van der Waals surface area contributed by atoms with Gasteiger partial charge in [-0.3, -0.25) is 4.68 Å². The van der Waals surface area contributed by atoms with E-state index in [4.69, 9.17) is 11.0 Å². The van der Waals surface area contributed by atoms with Crippen LogP contribution >= 0.6 is 0 Å². The number of hydrogen-bond donors (Lipinski definition) is 1. The predicted molar refractivity (Wildman–Crippen MR) is 37.1 cm³/mol. The molecule has 0 saturated carbocycles. The molecule has 0 aliphatic rings. The van der Waals surface area contributed by atoms with Crippen molar-refractivity contribution < 1.29 is 0 Å². The highest BCUT2D eigenvalue weighted by molar-refractivity contribution is 5.50. The van der Waals surface area contributed by atoms with E-state index in [0.29, 0.717) is 11.4 Å². The van der Waals surface area contributed by atoms with E-state index >= 15 is 0 Å². The summed E-state index contributed by atoms with van der Waals surface area (Å²) in [4.78, 5) is 0. The lowest BCUT2D eigenvalue weighted by atomic mass is 10.3. The predicted octanol–water partition coefficient (Wildman–Crippen LogP) is 0.182. The summed E-state index contributed by atoms with van der Waals surface area (Å²) in [6.45, 7) is 1.81. The molecule has 1 aromatic rings. The van der Waals surface area contributed by atoms with Crippen LogP contribution in [0.4, 0.5) is 5.82 Å². The third kappa shape index (κ3) is 0.722. The van der Waals surface area contributed by atoms with Crippen LogP contribution in [0, 0.1) is 18.3 Å². The number of anilines is 1. The van der Waals surface area contributed by atoms with Crippen molar-refractivity contribution >= 4 is 5.82 Å². The molecule has 0 atom stereocenters. The van der Waals surface area contributed by atoms with Crippen LogP contribution in [0.1, 0.15) is 11.3 Å². The summed E-state index contributed by atoms with van der Waals surface area (Å²) in [6.07, 6.45) is 0. The second kappa shape index (κ2) is 2.03. The van der Waals surface area contributed by atoms with E-state index in [-0.39, 0.29) is 0 Å². The Morgan fingerprint density at radius 1 is 1.70 bits per heavy atom. The first-order valence-corrected chi connectivity index (χ1v) is 2.86. The van der Waals surface area contributed by atoms with E-state index in [9.17, 15) is 0 Å². The molecular formula is C6H8N4. The van der Waals surface area contributed by atoms with Crippen molar-refractivity contribution in [1.29, 1.82) is 5.26 Å². The Bertz CT molecular complexity index is 291. The number of nitrogen functional groups attached to an aromatic ring is 1. The van der Waals surface area contributed by atoms with E-state index in [1.165, 1.54) is 0 Å². The van der Waals surface area contributed by atoms with Crippen molar-refractivity contribution in [3.05, 3.63) is 11.3 Å². The molecule has 10 heavy (non-hydrogen) atoms. The van der Waals surface area contributed by atoms with E-state index in [1.807, 2.05) is 13.0 Å². The molecule has 0 spiro atoms. The first-order valence-electron chi connectivity index (χ1n) is 2.86. The van der Waals surface area contributed by atoms with Gasteiger partial charge in [0.05, 0.1) is 5.69 Å². The fourth-order valence-corrected chi connectivity index (χ4v) is 0.772. The number of nitrogens with two attached hydrogens (primary N) is 1. The van der Waals surface area contributed by atoms with Crippen molar-refractivity contribution in [2.24, 2.45) is 7.05 Å². The average molecular weight is 136 g/mol. The normalized spacial score (nSPS) is 9.30. The molecule has 52 valence electrons. The molecule has 1 heterocycles. The summed E-state index contributed by atoms with van der Waals surface area (Å²) >= 11 is 0. The SMILES string of the molecule is Cc1c(C#N)c(N)nn1C. The Morgan fingerprint density at radius 2 is 2.30 bits per heavy atom. The quantitative estimate of drug-likeness (QED) is 0.553. The molecule has 2 N–H and O–H groups in total. The van der Waals surface area contributed by atoms with E-state index in [0.717, 1.165) is 5.69 Å². The minimum atomic E-state index is 0.308. The summed E-state index contributed by atoms with van der Waals surface area (Å²) < 4.78 is 1.59. The zero-order valence-corrected chi connectivity index (χ0v) is 5.92. The Morgan fingerprint density at radius 3 is 2.50 bits per heavy atom. The molecule has 0 fully saturated rings. The van der Waals surface area contributed by atoms with Gasteiger partial charge in [-0.2, -0.15) is 10.4 Å². The van der Waals surface area contributed by atoms with Crippen LogP contribution in [-0.4, -0.2) is 9.78 Å². The van der Waals surface area contributed by atoms with Gasteiger partial charge in [0.25, 0.3) is 0 Å². The highest BCUT2D eigenvalue weighted by Crippen LogP contribution is 2.11. The van der Waals surface area contributed by atoms with Crippen molar-refractivity contribution in [3.8, 4) is 6.07 Å². The fourth-order valence-electron chi connectivity index (χ4n) is 0.772. The Kier molecular flexibility index (Phi) is 1.34. The fraction of sp³-hybridized carbons (Fsp3) is 0.333. The van der Waals surface area contributed by atoms with Gasteiger partial charge in [-0.15, -0.1) is 0 Å². The van der Waals surface area contributed by atoms with Gasteiger partial charge in [-0.25, -0.2) is 0 Å². The second-order valence-corrected chi connectivity index (χ2v) is 2.08. The van der Waals surface area contributed by atoms with Crippen LogP contribution in [-0.2, 0) is 7.05 Å². The molecule has 0 saturated heterocycles. The maximum absolute atomic E-state index is 8.53. The molecule has 0 radical (unpaired) electrons. The van der Waals surface area contributed by atoms with Gasteiger partial charge in [0.2, 0.25) is 0 Å². The number of nitriles is 1. The second-order valence-electron chi connectivity index (χ2n) is 2.08. The summed E-state index contributed by atoms with van der Waals surface area (Å²) in [5, 5.41) is 12.4. The van der Waals surface area contributed by atoms with E-state index in [1.54, 1.807) is 11.7 Å². The third-order valence-electron chi connectivity index (χ3n) is 1.47. The number of aromatic nitrogens is 2. The molecule has 0 amide bonds. The summed E-state index contributed by atoms with van der Waals surface area (Å²) in [7, 11) is 1.76. The Hall–Kier alpha value is -1.50. The van der Waals surface area contributed by atoms with Crippen LogP contribution in [0.15, 0.2) is 0 Å². The Balaban J connectivity index is 3.37. The number of hydrogen-bond acceptors (Lipinski definition) is 3. The molecule has 0 aliphatic heterocycles. The molecule has 0 aliphatic carbocycles. The van der Waals surface area contributed by atoms with Crippen LogP contribution < -0.4 is 5.73 Å². The number of nitrogens with zero attached hydrogens (tertiary/aromatic N) is 3. The van der Waals surface area contributed by atoms with Gasteiger partial charge < -0.3 is 5.73 Å². The maximum atomic E-state index is 8.53. The third-order valence-corrected chi connectivity index (χ3v) is 1.47. The molecule has 1 aromatic heterocycles. The van der Waals surface area contributed by atoms with Gasteiger partial charge in [-0.1, -0.05) is 0 Å². The smallest absolute Gasteiger partial charge is 0.163 e. The lowest BCUT2D eigenvalue weighted by Gasteiger charge is -1.88. The van der Waals surface area contributed by atoms with Gasteiger partial charge in [0, 0.05) is 7.05 Å². The summed E-state index contributed by atoms with van der Waals surface area (Å²) in [5.41, 5.74) is 6.68. The Labute approximate surface area is 58.9 Å². The summed E-state index contributed by atoms with van der Waals surface area (Å²) in [6, 6.07) is 1.98. The minimum absolute atomic E-state index is 0.308. The lowest BCUT2D eigenvalue weighted by molar-refractivity contribution is 0.743.